The van der Waals surface area contributed by atoms with Crippen LogP contribution in [0.2, 0.25) is 0 Å². The van der Waals surface area contributed by atoms with Crippen LogP contribution in [-0.2, 0) is 0 Å². The van der Waals surface area contributed by atoms with E-state index in [0.29, 0.717) is 10.8 Å². The van der Waals surface area contributed by atoms with Gasteiger partial charge in [0.25, 0.3) is 0 Å². The Balaban J connectivity index is 1.86. The zero-order valence-electron chi connectivity index (χ0n) is 12.7. The van der Waals surface area contributed by atoms with Crippen LogP contribution in [0.3, 0.4) is 0 Å². The maximum Gasteiger partial charge on any atom is 0.208 e. The van der Waals surface area contributed by atoms with E-state index in [0.717, 1.165) is 25.7 Å². The number of rotatable bonds is 3. The molecule has 1 heterocycles. The first-order valence-electron chi connectivity index (χ1n) is 7.73. The number of furan rings is 1. The molecule has 1 aliphatic carbocycles. The number of halogens is 2. The molecule has 23 heavy (non-hydrogen) atoms. The first-order valence-corrected chi connectivity index (χ1v) is 7.73. The summed E-state index contributed by atoms with van der Waals surface area (Å²) in [5.41, 5.74) is 0.0129. The molecule has 1 saturated carbocycles. The summed E-state index contributed by atoms with van der Waals surface area (Å²) in [6.45, 7) is 0. The molecule has 120 valence electrons. The quantitative estimate of drug-likeness (QED) is 0.665. The lowest BCUT2D eigenvalue weighted by Crippen LogP contribution is -2.11. The van der Waals surface area contributed by atoms with Crippen LogP contribution >= 0.6 is 0 Å². The lowest BCUT2D eigenvalue weighted by atomic mass is 10.1. The Hall–Kier alpha value is -2.30. The van der Waals surface area contributed by atoms with E-state index in [1.165, 1.54) is 13.2 Å². The van der Waals surface area contributed by atoms with E-state index in [4.69, 9.17) is 13.9 Å². The Labute approximate surface area is 131 Å². The van der Waals surface area contributed by atoms with Crippen LogP contribution < -0.4 is 9.47 Å². The molecule has 3 nitrogen and oxygen atoms in total. The second-order valence-corrected chi connectivity index (χ2v) is 5.84. The number of hydrogen-bond acceptors (Lipinski definition) is 3. The van der Waals surface area contributed by atoms with Crippen molar-refractivity contribution in [2.75, 3.05) is 7.11 Å². The van der Waals surface area contributed by atoms with Gasteiger partial charge in [0.1, 0.15) is 0 Å². The molecule has 0 amide bonds. The SMILES string of the molecule is COc1ccc2c(oc3c(F)c(OC4CCCC4)ccc32)c1F. The van der Waals surface area contributed by atoms with E-state index < -0.39 is 11.6 Å². The Morgan fingerprint density at radius 1 is 0.913 bits per heavy atom. The van der Waals surface area contributed by atoms with Crippen LogP contribution in [0.5, 0.6) is 11.5 Å². The summed E-state index contributed by atoms with van der Waals surface area (Å²) < 4.78 is 45.1. The first kappa shape index (κ1) is 14.3. The van der Waals surface area contributed by atoms with Crippen LogP contribution in [0.4, 0.5) is 8.78 Å². The summed E-state index contributed by atoms with van der Waals surface area (Å²) in [6, 6.07) is 6.47. The van der Waals surface area contributed by atoms with Gasteiger partial charge in [-0.25, -0.2) is 0 Å². The van der Waals surface area contributed by atoms with Gasteiger partial charge in [0, 0.05) is 10.8 Å². The lowest BCUT2D eigenvalue weighted by Gasteiger charge is -2.13. The maximum absolute atomic E-state index is 14.7. The Morgan fingerprint density at radius 3 is 2.09 bits per heavy atom. The third-order valence-electron chi connectivity index (χ3n) is 4.43. The molecule has 2 aromatic carbocycles. The maximum atomic E-state index is 14.7. The Kier molecular flexibility index (Phi) is 3.36. The van der Waals surface area contributed by atoms with Crippen molar-refractivity contribution in [1.82, 2.24) is 0 Å². The number of fused-ring (bicyclic) bond motifs is 3. The fourth-order valence-electron chi connectivity index (χ4n) is 3.24. The standard InChI is InChI=1S/C18H16F2O3/c1-21-13-8-6-11-12-7-9-14(22-10-4-2-3-5-10)16(20)18(12)23-17(11)15(13)19/h6-10H,2-5H2,1H3. The van der Waals surface area contributed by atoms with Gasteiger partial charge in [-0.1, -0.05) is 0 Å². The molecule has 4 rings (SSSR count). The predicted molar refractivity (Wildman–Crippen MR) is 83.1 cm³/mol. The smallest absolute Gasteiger partial charge is 0.208 e. The van der Waals surface area contributed by atoms with Gasteiger partial charge in [-0.3, -0.25) is 0 Å². The zero-order chi connectivity index (χ0) is 16.0. The van der Waals surface area contributed by atoms with Crippen molar-refractivity contribution in [3.05, 3.63) is 35.9 Å². The Bertz CT molecular complexity index is 879. The van der Waals surface area contributed by atoms with Gasteiger partial charge in [0.15, 0.2) is 22.7 Å². The average Bonchev–Trinajstić information content (AvgIpc) is 3.19. The molecule has 1 aromatic heterocycles. The molecular weight excluding hydrogens is 302 g/mol. The molecule has 3 aromatic rings. The van der Waals surface area contributed by atoms with Gasteiger partial charge in [0.05, 0.1) is 13.2 Å². The average molecular weight is 318 g/mol. The predicted octanol–water partition coefficient (Wildman–Crippen LogP) is 5.19. The summed E-state index contributed by atoms with van der Waals surface area (Å²) in [5, 5.41) is 1.04. The molecule has 0 unspecified atom stereocenters. The number of methoxy groups -OCH3 is 1. The molecule has 0 bridgehead atoms. The molecule has 0 aliphatic heterocycles. The first-order chi connectivity index (χ1) is 11.2. The van der Waals surface area contributed by atoms with Gasteiger partial charge in [-0.15, -0.1) is 0 Å². The van der Waals surface area contributed by atoms with Crippen molar-refractivity contribution in [2.45, 2.75) is 31.8 Å². The molecule has 0 radical (unpaired) electrons. The van der Waals surface area contributed by atoms with Crippen molar-refractivity contribution in [3.8, 4) is 11.5 Å². The molecule has 0 spiro atoms. The fourth-order valence-corrected chi connectivity index (χ4v) is 3.24. The van der Waals surface area contributed by atoms with Crippen LogP contribution in [0.25, 0.3) is 21.9 Å². The molecule has 0 atom stereocenters. The fraction of sp³-hybridized carbons (Fsp3) is 0.333. The zero-order valence-corrected chi connectivity index (χ0v) is 12.7. The van der Waals surface area contributed by atoms with Crippen LogP contribution in [0.1, 0.15) is 25.7 Å². The number of hydrogen-bond donors (Lipinski definition) is 0. The van der Waals surface area contributed by atoms with Gasteiger partial charge < -0.3 is 13.9 Å². The monoisotopic (exact) mass is 318 g/mol. The van der Waals surface area contributed by atoms with Crippen molar-refractivity contribution in [2.24, 2.45) is 0 Å². The van der Waals surface area contributed by atoms with Crippen LogP contribution in [-0.4, -0.2) is 13.2 Å². The van der Waals surface area contributed by atoms with E-state index in [2.05, 4.69) is 0 Å². The Morgan fingerprint density at radius 2 is 1.48 bits per heavy atom. The highest BCUT2D eigenvalue weighted by molar-refractivity contribution is 6.06. The van der Waals surface area contributed by atoms with Crippen molar-refractivity contribution >= 4 is 21.9 Å². The summed E-state index contributed by atoms with van der Waals surface area (Å²) in [5.74, 6) is -0.974. The molecule has 0 N–H and O–H groups in total. The van der Waals surface area contributed by atoms with Gasteiger partial charge in [-0.2, -0.15) is 8.78 Å². The summed E-state index contributed by atoms with van der Waals surface area (Å²) in [6.07, 6.45) is 4.12. The summed E-state index contributed by atoms with van der Waals surface area (Å²) in [4.78, 5) is 0. The van der Waals surface area contributed by atoms with Crippen LogP contribution in [0, 0.1) is 11.6 Å². The van der Waals surface area contributed by atoms with Crippen molar-refractivity contribution < 1.29 is 22.7 Å². The lowest BCUT2D eigenvalue weighted by molar-refractivity contribution is 0.201. The topological polar surface area (TPSA) is 31.6 Å². The van der Waals surface area contributed by atoms with Gasteiger partial charge in [-0.05, 0) is 49.9 Å². The third kappa shape index (κ3) is 2.22. The number of benzene rings is 2. The molecule has 1 fully saturated rings. The molecule has 0 saturated heterocycles. The summed E-state index contributed by atoms with van der Waals surface area (Å²) >= 11 is 0. The minimum absolute atomic E-state index is 0.00346. The minimum atomic E-state index is -0.626. The normalized spacial score (nSPS) is 15.6. The third-order valence-corrected chi connectivity index (χ3v) is 4.43. The van der Waals surface area contributed by atoms with E-state index in [9.17, 15) is 8.78 Å². The highest BCUT2D eigenvalue weighted by Crippen LogP contribution is 2.38. The van der Waals surface area contributed by atoms with Gasteiger partial charge >= 0.3 is 0 Å². The number of ether oxygens (including phenoxy) is 2. The summed E-state index contributed by atoms with van der Waals surface area (Å²) in [7, 11) is 1.38. The van der Waals surface area contributed by atoms with E-state index in [-0.39, 0.29) is 28.8 Å². The van der Waals surface area contributed by atoms with Gasteiger partial charge in [0.2, 0.25) is 11.6 Å². The van der Waals surface area contributed by atoms with Crippen molar-refractivity contribution in [3.63, 3.8) is 0 Å². The van der Waals surface area contributed by atoms with Crippen molar-refractivity contribution in [1.29, 1.82) is 0 Å². The second kappa shape index (κ2) is 5.41. The highest BCUT2D eigenvalue weighted by Gasteiger charge is 2.22. The largest absolute Gasteiger partial charge is 0.494 e. The van der Waals surface area contributed by atoms with Crippen LogP contribution in [0.15, 0.2) is 28.7 Å². The molecular formula is C18H16F2O3. The molecule has 5 heteroatoms. The highest BCUT2D eigenvalue weighted by atomic mass is 19.1. The van der Waals surface area contributed by atoms with E-state index >= 15 is 0 Å². The second-order valence-electron chi connectivity index (χ2n) is 5.84. The molecule has 1 aliphatic rings. The van der Waals surface area contributed by atoms with E-state index in [1.54, 1.807) is 18.2 Å². The minimum Gasteiger partial charge on any atom is -0.494 e. The van der Waals surface area contributed by atoms with E-state index in [1.807, 2.05) is 0 Å².